The zero-order chi connectivity index (χ0) is 6.91. The molecule has 44 valence electrons. The van der Waals surface area contributed by atoms with E-state index in [9.17, 15) is 0 Å². The Hall–Kier alpha value is -1.03. The fraction of sp³-hybridized carbons (Fsp3) is 0.250. The predicted molar refractivity (Wildman–Crippen MR) is 31.9 cm³/mol. The Bertz CT molecular complexity index is 171. The average Bonchev–Trinajstić information content (AvgIpc) is 1.60. The first-order valence-corrected chi connectivity index (χ1v) is 2.18. The van der Waals surface area contributed by atoms with Gasteiger partial charge in [0.1, 0.15) is 0 Å². The predicted octanol–water partition coefficient (Wildman–Crippen LogP) is -1.30. The number of hydrogen-bond donors (Lipinski definition) is 3. The fourth-order valence-electron chi connectivity index (χ4n) is 0.420. The van der Waals surface area contributed by atoms with E-state index < -0.39 is 6.14 Å². The second-order valence-corrected chi connectivity index (χ2v) is 1.41. The van der Waals surface area contributed by atoms with Crippen LogP contribution in [0.25, 0.3) is 0 Å². The van der Waals surface area contributed by atoms with E-state index in [1.165, 1.54) is 12.3 Å². The molecule has 0 fully saturated rings. The zero-order valence-corrected chi connectivity index (χ0v) is 4.26. The number of rotatable bonds is 0. The van der Waals surface area contributed by atoms with Gasteiger partial charge in [-0.05, 0) is 6.08 Å². The van der Waals surface area contributed by atoms with E-state index in [4.69, 9.17) is 12.8 Å². The van der Waals surface area contributed by atoms with Crippen LogP contribution < -0.4 is 16.8 Å². The molecule has 0 spiro atoms. The van der Waals surface area contributed by atoms with Crippen molar-refractivity contribution < 1.29 is 1.37 Å². The SMILES string of the molecule is [2H]C1(N)C=CN=C(N)N1. The summed E-state index contributed by atoms with van der Waals surface area (Å²) in [7, 11) is 0. The number of aliphatic imine (C=N–C) groups is 1. The Morgan fingerprint density at radius 3 is 3.12 bits per heavy atom. The molecule has 1 unspecified atom stereocenters. The summed E-state index contributed by atoms with van der Waals surface area (Å²) in [4.78, 5) is 3.63. The summed E-state index contributed by atoms with van der Waals surface area (Å²) in [6.45, 7) is 0. The zero-order valence-electron chi connectivity index (χ0n) is 5.26. The molecule has 1 rings (SSSR count). The number of nitrogens with zero attached hydrogens (tertiary/aromatic N) is 1. The lowest BCUT2D eigenvalue weighted by Crippen LogP contribution is -2.45. The van der Waals surface area contributed by atoms with Gasteiger partial charge in [-0.15, -0.1) is 0 Å². The van der Waals surface area contributed by atoms with Gasteiger partial charge in [0, 0.05) is 6.20 Å². The minimum atomic E-state index is -1.29. The highest BCUT2D eigenvalue weighted by Crippen LogP contribution is 1.84. The van der Waals surface area contributed by atoms with E-state index in [1.54, 1.807) is 0 Å². The maximum Gasteiger partial charge on any atom is 0.194 e. The molecule has 0 saturated heterocycles. The Labute approximate surface area is 48.7 Å². The molecular formula is C4H8N4. The van der Waals surface area contributed by atoms with Gasteiger partial charge in [0.05, 0.1) is 7.51 Å². The van der Waals surface area contributed by atoms with E-state index in [-0.39, 0.29) is 5.96 Å². The second kappa shape index (κ2) is 1.83. The molecule has 0 radical (unpaired) electrons. The molecule has 0 amide bonds. The van der Waals surface area contributed by atoms with E-state index in [0.29, 0.717) is 0 Å². The molecule has 0 aromatic rings. The second-order valence-electron chi connectivity index (χ2n) is 1.41. The Kier molecular flexibility index (Phi) is 0.896. The number of guanidine groups is 1. The molecule has 8 heavy (non-hydrogen) atoms. The fourth-order valence-corrected chi connectivity index (χ4v) is 0.420. The van der Waals surface area contributed by atoms with Crippen molar-refractivity contribution in [1.29, 1.82) is 0 Å². The van der Waals surface area contributed by atoms with Crippen molar-refractivity contribution in [2.24, 2.45) is 16.5 Å². The lowest BCUT2D eigenvalue weighted by molar-refractivity contribution is 0.749. The van der Waals surface area contributed by atoms with Gasteiger partial charge in [0.2, 0.25) is 0 Å². The topological polar surface area (TPSA) is 76.4 Å². The van der Waals surface area contributed by atoms with Crippen molar-refractivity contribution in [2.75, 3.05) is 0 Å². The minimum Gasteiger partial charge on any atom is -0.370 e. The Morgan fingerprint density at radius 1 is 2.00 bits per heavy atom. The van der Waals surface area contributed by atoms with Crippen LogP contribution >= 0.6 is 0 Å². The van der Waals surface area contributed by atoms with Crippen molar-refractivity contribution in [2.45, 2.75) is 6.14 Å². The molecule has 0 aromatic heterocycles. The van der Waals surface area contributed by atoms with Gasteiger partial charge in [0.25, 0.3) is 0 Å². The van der Waals surface area contributed by atoms with Gasteiger partial charge in [-0.3, -0.25) is 0 Å². The lowest BCUT2D eigenvalue weighted by atomic mass is 10.4. The molecule has 4 nitrogen and oxygen atoms in total. The molecule has 4 heteroatoms. The van der Waals surface area contributed by atoms with Crippen LogP contribution in [0.1, 0.15) is 1.37 Å². The van der Waals surface area contributed by atoms with E-state index in [2.05, 4.69) is 10.3 Å². The minimum absolute atomic E-state index is 0.176. The monoisotopic (exact) mass is 113 g/mol. The highest BCUT2D eigenvalue weighted by molar-refractivity contribution is 5.79. The van der Waals surface area contributed by atoms with Gasteiger partial charge in [-0.2, -0.15) is 0 Å². The van der Waals surface area contributed by atoms with Crippen LogP contribution in [0.4, 0.5) is 0 Å². The van der Waals surface area contributed by atoms with Gasteiger partial charge in [-0.25, -0.2) is 4.99 Å². The normalized spacial score (nSPS) is 37.6. The van der Waals surface area contributed by atoms with E-state index in [1.807, 2.05) is 0 Å². The van der Waals surface area contributed by atoms with Gasteiger partial charge < -0.3 is 16.8 Å². The quantitative estimate of drug-likeness (QED) is 0.365. The molecule has 1 aliphatic heterocycles. The third kappa shape index (κ3) is 0.974. The number of nitrogens with two attached hydrogens (primary N) is 2. The molecule has 1 aliphatic rings. The van der Waals surface area contributed by atoms with Crippen LogP contribution in [0, 0.1) is 0 Å². The largest absolute Gasteiger partial charge is 0.370 e. The van der Waals surface area contributed by atoms with Crippen molar-refractivity contribution in [3.63, 3.8) is 0 Å². The van der Waals surface area contributed by atoms with Crippen LogP contribution in [0.3, 0.4) is 0 Å². The molecule has 1 heterocycles. The van der Waals surface area contributed by atoms with Crippen molar-refractivity contribution in [3.05, 3.63) is 12.3 Å². The van der Waals surface area contributed by atoms with Gasteiger partial charge in [0.15, 0.2) is 5.96 Å². The highest BCUT2D eigenvalue weighted by Gasteiger charge is 1.99. The third-order valence-electron chi connectivity index (χ3n) is 0.740. The maximum atomic E-state index is 7.18. The molecule has 0 bridgehead atoms. The standard InChI is InChI=1S/C4H8N4/c5-3-1-2-7-4(6)8-3/h1-3H,5H2,(H3,6,7,8)/i3D. The summed E-state index contributed by atoms with van der Waals surface area (Å²) in [5.41, 5.74) is 10.5. The van der Waals surface area contributed by atoms with Crippen LogP contribution in [0.2, 0.25) is 0 Å². The van der Waals surface area contributed by atoms with Crippen LogP contribution in [0.15, 0.2) is 17.3 Å². The summed E-state index contributed by atoms with van der Waals surface area (Å²) < 4.78 is 7.18. The van der Waals surface area contributed by atoms with Crippen LogP contribution in [0.5, 0.6) is 0 Å². The highest BCUT2D eigenvalue weighted by atomic mass is 15.2. The average molecular weight is 113 g/mol. The first-order chi connectivity index (χ1) is 4.10. The van der Waals surface area contributed by atoms with E-state index >= 15 is 0 Å². The third-order valence-corrected chi connectivity index (χ3v) is 0.740. The van der Waals surface area contributed by atoms with Crippen molar-refractivity contribution in [1.82, 2.24) is 5.32 Å². The van der Waals surface area contributed by atoms with Crippen molar-refractivity contribution >= 4 is 5.96 Å². The van der Waals surface area contributed by atoms with E-state index in [0.717, 1.165) is 0 Å². The van der Waals surface area contributed by atoms with Crippen LogP contribution in [-0.4, -0.2) is 12.1 Å². The first-order valence-electron chi connectivity index (χ1n) is 2.68. The van der Waals surface area contributed by atoms with Crippen molar-refractivity contribution in [3.8, 4) is 0 Å². The van der Waals surface area contributed by atoms with Gasteiger partial charge >= 0.3 is 0 Å². The first kappa shape index (κ1) is 3.91. The Balaban J connectivity index is 2.73. The van der Waals surface area contributed by atoms with Gasteiger partial charge in [-0.1, -0.05) is 0 Å². The lowest BCUT2D eigenvalue weighted by Gasteiger charge is -2.11. The molecule has 5 N–H and O–H groups in total. The summed E-state index contributed by atoms with van der Waals surface area (Å²) >= 11 is 0. The molecular weight excluding hydrogens is 104 g/mol. The Morgan fingerprint density at radius 2 is 2.75 bits per heavy atom. The summed E-state index contributed by atoms with van der Waals surface area (Å²) in [5.74, 6) is 0.176. The summed E-state index contributed by atoms with van der Waals surface area (Å²) in [6.07, 6.45) is 1.52. The smallest absolute Gasteiger partial charge is 0.194 e. The molecule has 0 aromatic carbocycles. The number of nitrogens with one attached hydrogen (secondary N) is 1. The summed E-state index contributed by atoms with van der Waals surface area (Å²) in [5, 5.41) is 2.44. The number of hydrogen-bond acceptors (Lipinski definition) is 4. The molecule has 0 saturated carbocycles. The van der Waals surface area contributed by atoms with Crippen LogP contribution in [-0.2, 0) is 0 Å². The molecule has 1 atom stereocenters. The summed E-state index contributed by atoms with van der Waals surface area (Å²) in [6, 6.07) is 0. The molecule has 0 aliphatic carbocycles. The maximum absolute atomic E-state index is 7.18.